The van der Waals surface area contributed by atoms with Gasteiger partial charge < -0.3 is 24.8 Å². The Kier molecular flexibility index (Phi) is 7.83. The standard InChI is InChI=1S/C26H33ClN4O3/c1-19(27)25(32)28-20-10-11-22(21(18-20)26(33)31-12-6-3-7-13-31)29-14-16-30(17-15-29)23-8-4-5-9-24(23)34-2/h4-5,8-11,18-19H,3,6-7,12-17H2,1-2H3,(H,28,32). The number of hydrogen-bond acceptors (Lipinski definition) is 5. The Balaban J connectivity index is 1.56. The van der Waals surface area contributed by atoms with Crippen molar-refractivity contribution < 1.29 is 14.3 Å². The van der Waals surface area contributed by atoms with E-state index in [0.29, 0.717) is 11.3 Å². The molecule has 2 heterocycles. The lowest BCUT2D eigenvalue weighted by molar-refractivity contribution is -0.115. The smallest absolute Gasteiger partial charge is 0.256 e. The number of methoxy groups -OCH3 is 1. The van der Waals surface area contributed by atoms with E-state index in [1.807, 2.05) is 35.2 Å². The van der Waals surface area contributed by atoms with Gasteiger partial charge in [0.1, 0.15) is 11.1 Å². The number of piperazine rings is 1. The zero-order chi connectivity index (χ0) is 24.1. The minimum Gasteiger partial charge on any atom is -0.495 e. The third-order valence-corrected chi connectivity index (χ3v) is 6.74. The Bertz CT molecular complexity index is 1010. The van der Waals surface area contributed by atoms with Gasteiger partial charge in [-0.15, -0.1) is 11.6 Å². The number of hydrogen-bond donors (Lipinski definition) is 1. The van der Waals surface area contributed by atoms with Gasteiger partial charge in [-0.3, -0.25) is 9.59 Å². The number of para-hydroxylation sites is 2. The molecule has 2 amide bonds. The Morgan fingerprint density at radius 2 is 1.56 bits per heavy atom. The quantitative estimate of drug-likeness (QED) is 0.622. The molecule has 34 heavy (non-hydrogen) atoms. The number of ether oxygens (including phenoxy) is 1. The molecule has 2 aliphatic heterocycles. The SMILES string of the molecule is COc1ccccc1N1CCN(c2ccc(NC(=O)C(C)Cl)cc2C(=O)N2CCCCC2)CC1. The van der Waals surface area contributed by atoms with E-state index >= 15 is 0 Å². The van der Waals surface area contributed by atoms with Crippen LogP contribution in [0.5, 0.6) is 5.75 Å². The minimum atomic E-state index is -0.649. The monoisotopic (exact) mass is 484 g/mol. The number of amides is 2. The lowest BCUT2D eigenvalue weighted by Gasteiger charge is -2.39. The minimum absolute atomic E-state index is 0.0249. The third kappa shape index (κ3) is 5.41. The van der Waals surface area contributed by atoms with Crippen LogP contribution in [0.3, 0.4) is 0 Å². The molecule has 0 saturated carbocycles. The van der Waals surface area contributed by atoms with Gasteiger partial charge in [0.25, 0.3) is 5.91 Å². The lowest BCUT2D eigenvalue weighted by Crippen LogP contribution is -2.47. The van der Waals surface area contributed by atoms with E-state index in [-0.39, 0.29) is 11.8 Å². The maximum atomic E-state index is 13.5. The van der Waals surface area contributed by atoms with Gasteiger partial charge in [-0.2, -0.15) is 0 Å². The Hall–Kier alpha value is -2.93. The van der Waals surface area contributed by atoms with E-state index in [9.17, 15) is 9.59 Å². The van der Waals surface area contributed by atoms with Gasteiger partial charge in [-0.05, 0) is 56.5 Å². The molecule has 7 nitrogen and oxygen atoms in total. The van der Waals surface area contributed by atoms with Crippen molar-refractivity contribution >= 4 is 40.5 Å². The highest BCUT2D eigenvalue weighted by atomic mass is 35.5. The van der Waals surface area contributed by atoms with Gasteiger partial charge in [0, 0.05) is 50.6 Å². The van der Waals surface area contributed by atoms with Crippen LogP contribution in [-0.4, -0.2) is 68.5 Å². The molecule has 1 atom stereocenters. The molecule has 0 bridgehead atoms. The predicted molar refractivity (Wildman–Crippen MR) is 138 cm³/mol. The molecule has 2 aromatic carbocycles. The molecular weight excluding hydrogens is 452 g/mol. The molecule has 0 aliphatic carbocycles. The number of likely N-dealkylation sites (tertiary alicyclic amines) is 1. The fourth-order valence-corrected chi connectivity index (χ4v) is 4.70. The number of carbonyl (C=O) groups is 2. The van der Waals surface area contributed by atoms with Crippen LogP contribution >= 0.6 is 11.6 Å². The molecule has 2 saturated heterocycles. The number of halogens is 1. The van der Waals surface area contributed by atoms with E-state index in [1.165, 1.54) is 0 Å². The van der Waals surface area contributed by atoms with E-state index in [0.717, 1.165) is 75.7 Å². The molecule has 4 rings (SSSR count). The van der Waals surface area contributed by atoms with Crippen LogP contribution in [0, 0.1) is 0 Å². The highest BCUT2D eigenvalue weighted by molar-refractivity contribution is 6.32. The van der Waals surface area contributed by atoms with Crippen molar-refractivity contribution in [2.24, 2.45) is 0 Å². The molecular formula is C26H33ClN4O3. The normalized spacial score (nSPS) is 17.3. The number of carbonyl (C=O) groups excluding carboxylic acids is 2. The Labute approximate surface area is 206 Å². The fourth-order valence-electron chi connectivity index (χ4n) is 4.65. The van der Waals surface area contributed by atoms with Gasteiger partial charge in [0.05, 0.1) is 18.4 Å². The van der Waals surface area contributed by atoms with Crippen LogP contribution in [0.1, 0.15) is 36.5 Å². The number of piperidine rings is 1. The molecule has 0 radical (unpaired) electrons. The van der Waals surface area contributed by atoms with Gasteiger partial charge in [-0.25, -0.2) is 0 Å². The Morgan fingerprint density at radius 3 is 2.21 bits per heavy atom. The van der Waals surface area contributed by atoms with Crippen molar-refractivity contribution in [2.45, 2.75) is 31.6 Å². The molecule has 2 aliphatic rings. The van der Waals surface area contributed by atoms with Gasteiger partial charge >= 0.3 is 0 Å². The van der Waals surface area contributed by atoms with E-state index in [2.05, 4.69) is 21.2 Å². The maximum Gasteiger partial charge on any atom is 0.256 e. The zero-order valence-corrected chi connectivity index (χ0v) is 20.7. The average Bonchev–Trinajstić information content (AvgIpc) is 2.88. The first-order valence-corrected chi connectivity index (χ1v) is 12.4. The number of alkyl halides is 1. The van der Waals surface area contributed by atoms with Gasteiger partial charge in [-0.1, -0.05) is 12.1 Å². The number of benzene rings is 2. The van der Waals surface area contributed by atoms with E-state index in [1.54, 1.807) is 20.1 Å². The summed E-state index contributed by atoms with van der Waals surface area (Å²) in [6.45, 7) is 6.38. The molecule has 0 spiro atoms. The first kappa shape index (κ1) is 24.2. The first-order valence-electron chi connectivity index (χ1n) is 12.0. The number of nitrogens with one attached hydrogen (secondary N) is 1. The molecule has 2 fully saturated rings. The molecule has 1 N–H and O–H groups in total. The Morgan fingerprint density at radius 1 is 0.912 bits per heavy atom. The second-order valence-electron chi connectivity index (χ2n) is 8.84. The second kappa shape index (κ2) is 11.0. The number of rotatable bonds is 6. The summed E-state index contributed by atoms with van der Waals surface area (Å²) < 4.78 is 5.54. The highest BCUT2D eigenvalue weighted by Gasteiger charge is 2.27. The summed E-state index contributed by atoms with van der Waals surface area (Å²) in [5.74, 6) is 0.610. The van der Waals surface area contributed by atoms with Crippen molar-refractivity contribution in [1.29, 1.82) is 0 Å². The van der Waals surface area contributed by atoms with Crippen molar-refractivity contribution in [1.82, 2.24) is 4.90 Å². The van der Waals surface area contributed by atoms with Crippen molar-refractivity contribution in [3.8, 4) is 5.75 Å². The summed E-state index contributed by atoms with van der Waals surface area (Å²) in [4.78, 5) is 32.2. The van der Waals surface area contributed by atoms with Crippen LogP contribution in [0.2, 0.25) is 0 Å². The summed E-state index contributed by atoms with van der Waals surface area (Å²) in [7, 11) is 1.69. The molecule has 0 aromatic heterocycles. The molecule has 2 aromatic rings. The summed E-state index contributed by atoms with van der Waals surface area (Å²) >= 11 is 5.93. The van der Waals surface area contributed by atoms with Crippen LogP contribution in [0.15, 0.2) is 42.5 Å². The van der Waals surface area contributed by atoms with Crippen LogP contribution in [0.4, 0.5) is 17.1 Å². The molecule has 1 unspecified atom stereocenters. The summed E-state index contributed by atoms with van der Waals surface area (Å²) in [6.07, 6.45) is 3.21. The van der Waals surface area contributed by atoms with Crippen molar-refractivity contribution in [3.63, 3.8) is 0 Å². The summed E-state index contributed by atoms with van der Waals surface area (Å²) in [5, 5.41) is 2.18. The largest absolute Gasteiger partial charge is 0.495 e. The van der Waals surface area contributed by atoms with Gasteiger partial charge in [0.2, 0.25) is 5.91 Å². The summed E-state index contributed by atoms with van der Waals surface area (Å²) in [6, 6.07) is 13.7. The fraction of sp³-hybridized carbons (Fsp3) is 0.462. The topological polar surface area (TPSA) is 65.1 Å². The summed E-state index contributed by atoms with van der Waals surface area (Å²) in [5.41, 5.74) is 3.22. The second-order valence-corrected chi connectivity index (χ2v) is 9.49. The molecule has 8 heteroatoms. The highest BCUT2D eigenvalue weighted by Crippen LogP contribution is 2.32. The number of nitrogens with zero attached hydrogens (tertiary/aromatic N) is 3. The van der Waals surface area contributed by atoms with Crippen LogP contribution in [-0.2, 0) is 4.79 Å². The van der Waals surface area contributed by atoms with Gasteiger partial charge in [0.15, 0.2) is 0 Å². The predicted octanol–water partition coefficient (Wildman–Crippen LogP) is 4.21. The van der Waals surface area contributed by atoms with E-state index < -0.39 is 5.38 Å². The van der Waals surface area contributed by atoms with Crippen molar-refractivity contribution in [3.05, 3.63) is 48.0 Å². The van der Waals surface area contributed by atoms with Crippen LogP contribution < -0.4 is 19.9 Å². The zero-order valence-electron chi connectivity index (χ0n) is 19.9. The van der Waals surface area contributed by atoms with Crippen molar-refractivity contribution in [2.75, 3.05) is 61.5 Å². The average molecular weight is 485 g/mol. The maximum absolute atomic E-state index is 13.5. The lowest BCUT2D eigenvalue weighted by atomic mass is 10.1. The number of anilines is 3. The first-order chi connectivity index (χ1) is 16.5. The molecule has 182 valence electrons. The van der Waals surface area contributed by atoms with E-state index in [4.69, 9.17) is 16.3 Å². The van der Waals surface area contributed by atoms with Crippen LogP contribution in [0.25, 0.3) is 0 Å². The third-order valence-electron chi connectivity index (χ3n) is 6.55.